The summed E-state index contributed by atoms with van der Waals surface area (Å²) < 4.78 is 17.4. The summed E-state index contributed by atoms with van der Waals surface area (Å²) in [6, 6.07) is 14.0. The number of ether oxygens (including phenoxy) is 3. The zero-order valence-corrected chi connectivity index (χ0v) is 19.7. The maximum Gasteiger partial charge on any atom is 0.324 e. The average Bonchev–Trinajstić information content (AvgIpc) is 3.40. The number of benzene rings is 2. The highest BCUT2D eigenvalue weighted by molar-refractivity contribution is 5.99. The molecule has 9 heteroatoms. The van der Waals surface area contributed by atoms with E-state index in [0.717, 1.165) is 16.9 Å². The summed E-state index contributed by atoms with van der Waals surface area (Å²) in [4.78, 5) is 24.7. The van der Waals surface area contributed by atoms with Crippen molar-refractivity contribution in [1.82, 2.24) is 9.78 Å². The van der Waals surface area contributed by atoms with Gasteiger partial charge in [0.1, 0.15) is 5.82 Å². The van der Waals surface area contributed by atoms with E-state index in [2.05, 4.69) is 10.6 Å². The highest BCUT2D eigenvalue weighted by atomic mass is 16.7. The van der Waals surface area contributed by atoms with Crippen LogP contribution < -0.4 is 20.1 Å². The Morgan fingerprint density at radius 2 is 1.85 bits per heavy atom. The second kappa shape index (κ2) is 9.46. The number of hydrogen-bond acceptors (Lipinski definition) is 6. The number of hydrogen-bond donors (Lipinski definition) is 2. The summed E-state index contributed by atoms with van der Waals surface area (Å²) in [5.41, 5.74) is 2.65. The van der Waals surface area contributed by atoms with Crippen LogP contribution >= 0.6 is 0 Å². The molecule has 3 aromatic rings. The second-order valence-corrected chi connectivity index (χ2v) is 8.88. The minimum atomic E-state index is -0.428. The van der Waals surface area contributed by atoms with Crippen LogP contribution in [0.25, 0.3) is 5.69 Å². The molecular weight excluding hydrogens is 436 g/mol. The van der Waals surface area contributed by atoms with Crippen molar-refractivity contribution in [3.8, 4) is 17.2 Å². The van der Waals surface area contributed by atoms with E-state index in [4.69, 9.17) is 19.3 Å². The normalized spacial score (nSPS) is 12.4. The molecule has 1 aliphatic heterocycles. The minimum absolute atomic E-state index is 0.155. The van der Waals surface area contributed by atoms with Gasteiger partial charge in [-0.05, 0) is 36.8 Å². The topological polar surface area (TPSA) is 104 Å². The molecule has 0 atom stereocenters. The fourth-order valence-corrected chi connectivity index (χ4v) is 3.46. The minimum Gasteiger partial charge on any atom is -0.466 e. The first-order valence-electron chi connectivity index (χ1n) is 11.1. The fourth-order valence-electron chi connectivity index (χ4n) is 3.46. The van der Waals surface area contributed by atoms with Gasteiger partial charge in [0.05, 0.1) is 24.4 Å². The molecule has 2 N–H and O–H groups in total. The Bertz CT molecular complexity index is 1210. The lowest BCUT2D eigenvalue weighted by molar-refractivity contribution is -0.142. The van der Waals surface area contributed by atoms with Gasteiger partial charge < -0.3 is 19.5 Å². The van der Waals surface area contributed by atoms with Crippen molar-refractivity contribution in [2.75, 3.05) is 24.0 Å². The van der Waals surface area contributed by atoms with Gasteiger partial charge in [0, 0.05) is 23.2 Å². The zero-order chi connectivity index (χ0) is 24.3. The Morgan fingerprint density at radius 1 is 1.06 bits per heavy atom. The van der Waals surface area contributed by atoms with Crippen molar-refractivity contribution in [3.63, 3.8) is 0 Å². The molecule has 0 bridgehead atoms. The molecule has 4 rings (SSSR count). The van der Waals surface area contributed by atoms with Crippen molar-refractivity contribution in [2.24, 2.45) is 0 Å². The summed E-state index contributed by atoms with van der Waals surface area (Å²) in [7, 11) is 0. The summed E-state index contributed by atoms with van der Waals surface area (Å²) in [5, 5.41) is 10.4. The molecule has 178 valence electrons. The first kappa shape index (κ1) is 23.2. The zero-order valence-electron chi connectivity index (χ0n) is 19.7. The lowest BCUT2D eigenvalue weighted by Gasteiger charge is -2.14. The van der Waals surface area contributed by atoms with Gasteiger partial charge in [-0.1, -0.05) is 32.9 Å². The van der Waals surface area contributed by atoms with Crippen molar-refractivity contribution < 1.29 is 23.8 Å². The predicted octanol–water partition coefficient (Wildman–Crippen LogP) is 4.65. The molecule has 9 nitrogen and oxygen atoms in total. The number of rotatable bonds is 6. The van der Waals surface area contributed by atoms with Gasteiger partial charge in [-0.2, -0.15) is 5.10 Å². The number of urea groups is 1. The van der Waals surface area contributed by atoms with Gasteiger partial charge in [0.25, 0.3) is 0 Å². The van der Waals surface area contributed by atoms with Crippen molar-refractivity contribution >= 4 is 23.5 Å². The SMILES string of the molecule is CCOC(=O)Cc1cccc(-n2nc(C(C)(C)C)cc2NC(=O)Nc2ccc3c(c2)OCO3)c1. The van der Waals surface area contributed by atoms with Crippen molar-refractivity contribution in [3.05, 3.63) is 59.8 Å². The van der Waals surface area contributed by atoms with Crippen LogP contribution in [-0.2, 0) is 21.4 Å². The third-order valence-electron chi connectivity index (χ3n) is 5.16. The van der Waals surface area contributed by atoms with E-state index >= 15 is 0 Å². The van der Waals surface area contributed by atoms with Crippen LogP contribution in [0.3, 0.4) is 0 Å². The molecule has 0 saturated carbocycles. The first-order chi connectivity index (χ1) is 16.2. The number of carbonyl (C=O) groups excluding carboxylic acids is 2. The molecule has 0 saturated heterocycles. The molecule has 2 aromatic carbocycles. The maximum absolute atomic E-state index is 12.8. The van der Waals surface area contributed by atoms with Gasteiger partial charge in [-0.3, -0.25) is 10.1 Å². The number of nitrogens with one attached hydrogen (secondary N) is 2. The summed E-state index contributed by atoms with van der Waals surface area (Å²) in [6.45, 7) is 8.42. The summed E-state index contributed by atoms with van der Waals surface area (Å²) in [5.74, 6) is 1.42. The molecule has 0 spiro atoms. The molecular formula is C25H28N4O5. The lowest BCUT2D eigenvalue weighted by Crippen LogP contribution is -2.21. The molecule has 1 aromatic heterocycles. The van der Waals surface area contributed by atoms with Crippen molar-refractivity contribution in [2.45, 2.75) is 39.5 Å². The summed E-state index contributed by atoms with van der Waals surface area (Å²) in [6.07, 6.45) is 0.155. The second-order valence-electron chi connectivity index (χ2n) is 8.88. The van der Waals surface area contributed by atoms with Gasteiger partial charge in [0.2, 0.25) is 6.79 Å². The average molecular weight is 465 g/mol. The van der Waals surface area contributed by atoms with E-state index in [1.807, 2.05) is 51.1 Å². The molecule has 2 amide bonds. The number of esters is 1. The quantitative estimate of drug-likeness (QED) is 0.515. The number of nitrogens with zero attached hydrogens (tertiary/aromatic N) is 2. The predicted molar refractivity (Wildman–Crippen MR) is 128 cm³/mol. The van der Waals surface area contributed by atoms with Crippen LogP contribution in [0.1, 0.15) is 39.0 Å². The van der Waals surface area contributed by atoms with Gasteiger partial charge >= 0.3 is 12.0 Å². The Balaban J connectivity index is 1.58. The Hall–Kier alpha value is -4.01. The molecule has 1 aliphatic rings. The maximum atomic E-state index is 12.8. The van der Waals surface area contributed by atoms with Gasteiger partial charge in [0.15, 0.2) is 11.5 Å². The van der Waals surface area contributed by atoms with Crippen LogP contribution in [-0.4, -0.2) is 35.2 Å². The standard InChI is InChI=1S/C25H28N4O5/c1-5-32-23(30)12-16-7-6-8-18(11-16)29-22(14-21(28-29)25(2,3)4)27-24(31)26-17-9-10-19-20(13-17)34-15-33-19/h6-11,13-14H,5,12,15H2,1-4H3,(H2,26,27,31). The number of carbonyl (C=O) groups is 2. The van der Waals surface area contributed by atoms with Crippen LogP contribution in [0.2, 0.25) is 0 Å². The highest BCUT2D eigenvalue weighted by Crippen LogP contribution is 2.34. The van der Waals surface area contributed by atoms with E-state index in [-0.39, 0.29) is 24.6 Å². The Labute approximate surface area is 198 Å². The smallest absolute Gasteiger partial charge is 0.324 e. The van der Waals surface area contributed by atoms with E-state index < -0.39 is 6.03 Å². The largest absolute Gasteiger partial charge is 0.466 e. The third-order valence-corrected chi connectivity index (χ3v) is 5.16. The van der Waals surface area contributed by atoms with Crippen LogP contribution in [0, 0.1) is 0 Å². The fraction of sp³-hybridized carbons (Fsp3) is 0.320. The summed E-state index contributed by atoms with van der Waals surface area (Å²) >= 11 is 0. The number of aromatic nitrogens is 2. The molecule has 2 heterocycles. The van der Waals surface area contributed by atoms with Crippen LogP contribution in [0.4, 0.5) is 16.3 Å². The van der Waals surface area contributed by atoms with Gasteiger partial charge in [-0.15, -0.1) is 0 Å². The first-order valence-corrected chi connectivity index (χ1v) is 11.1. The molecule has 34 heavy (non-hydrogen) atoms. The monoisotopic (exact) mass is 464 g/mol. The number of anilines is 2. The molecule has 0 aliphatic carbocycles. The molecule has 0 radical (unpaired) electrons. The van der Waals surface area contributed by atoms with E-state index in [0.29, 0.717) is 29.6 Å². The van der Waals surface area contributed by atoms with Crippen LogP contribution in [0.15, 0.2) is 48.5 Å². The highest BCUT2D eigenvalue weighted by Gasteiger charge is 2.22. The Kier molecular flexibility index (Phi) is 6.45. The van der Waals surface area contributed by atoms with E-state index in [1.54, 1.807) is 29.8 Å². The van der Waals surface area contributed by atoms with Crippen molar-refractivity contribution in [1.29, 1.82) is 0 Å². The Morgan fingerprint density at radius 3 is 2.62 bits per heavy atom. The lowest BCUT2D eigenvalue weighted by atomic mass is 9.92. The number of amides is 2. The van der Waals surface area contributed by atoms with Gasteiger partial charge in [-0.25, -0.2) is 9.48 Å². The third kappa shape index (κ3) is 5.31. The van der Waals surface area contributed by atoms with E-state index in [9.17, 15) is 9.59 Å². The molecule has 0 fully saturated rings. The number of fused-ring (bicyclic) bond motifs is 1. The van der Waals surface area contributed by atoms with Crippen LogP contribution in [0.5, 0.6) is 11.5 Å². The molecule has 0 unspecified atom stereocenters. The van der Waals surface area contributed by atoms with E-state index in [1.165, 1.54) is 0 Å².